The predicted octanol–water partition coefficient (Wildman–Crippen LogP) is 2.82. The molecule has 0 bridgehead atoms. The van der Waals surface area contributed by atoms with Crippen molar-refractivity contribution in [1.82, 2.24) is 15.2 Å². The number of guanidine groups is 1. The van der Waals surface area contributed by atoms with Gasteiger partial charge in [-0.25, -0.2) is 0 Å². The van der Waals surface area contributed by atoms with Crippen LogP contribution in [0.3, 0.4) is 0 Å². The Morgan fingerprint density at radius 3 is 2.46 bits per heavy atom. The van der Waals surface area contributed by atoms with Gasteiger partial charge in [-0.05, 0) is 44.0 Å². The van der Waals surface area contributed by atoms with E-state index in [0.717, 1.165) is 50.8 Å². The van der Waals surface area contributed by atoms with Crippen LogP contribution in [-0.2, 0) is 6.54 Å². The zero-order valence-corrected chi connectivity index (χ0v) is 14.7. The number of aryl methyl sites for hydroxylation is 1. The summed E-state index contributed by atoms with van der Waals surface area (Å²) in [5, 5.41) is 6.65. The van der Waals surface area contributed by atoms with Crippen LogP contribution in [0, 0.1) is 6.92 Å². The van der Waals surface area contributed by atoms with Crippen LogP contribution in [0.5, 0.6) is 5.75 Å². The molecule has 0 saturated heterocycles. The Balaban J connectivity index is 1.51. The summed E-state index contributed by atoms with van der Waals surface area (Å²) >= 11 is 0. The molecule has 0 aliphatic carbocycles. The number of aromatic nitrogens is 1. The lowest BCUT2D eigenvalue weighted by molar-refractivity contribution is 0.307. The summed E-state index contributed by atoms with van der Waals surface area (Å²) < 4.78 is 7.87. The highest BCUT2D eigenvalue weighted by Gasteiger charge is 1.98. The lowest BCUT2D eigenvalue weighted by Gasteiger charge is -2.12. The van der Waals surface area contributed by atoms with E-state index in [0.29, 0.717) is 0 Å². The van der Waals surface area contributed by atoms with Crippen molar-refractivity contribution in [3.05, 3.63) is 54.4 Å². The van der Waals surface area contributed by atoms with Gasteiger partial charge in [-0.2, -0.15) is 0 Å². The zero-order chi connectivity index (χ0) is 17.0. The molecule has 2 N–H and O–H groups in total. The van der Waals surface area contributed by atoms with E-state index in [1.807, 2.05) is 24.3 Å². The van der Waals surface area contributed by atoms with Gasteiger partial charge in [0.25, 0.3) is 0 Å². The molecule has 0 amide bonds. The van der Waals surface area contributed by atoms with Crippen LogP contribution in [0.15, 0.2) is 53.8 Å². The van der Waals surface area contributed by atoms with Crippen molar-refractivity contribution in [1.29, 1.82) is 0 Å². The van der Waals surface area contributed by atoms with Gasteiger partial charge in [0.2, 0.25) is 0 Å². The van der Waals surface area contributed by atoms with Crippen molar-refractivity contribution in [3.63, 3.8) is 0 Å². The molecule has 0 aliphatic heterocycles. The van der Waals surface area contributed by atoms with Gasteiger partial charge in [0.05, 0.1) is 6.61 Å². The summed E-state index contributed by atoms with van der Waals surface area (Å²) in [5.41, 5.74) is 1.25. The second-order valence-corrected chi connectivity index (χ2v) is 5.72. The molecule has 1 heterocycles. The maximum atomic E-state index is 5.72. The first kappa shape index (κ1) is 17.9. The molecule has 0 spiro atoms. The second-order valence-electron chi connectivity index (χ2n) is 5.72. The Hall–Kier alpha value is -2.43. The fourth-order valence-electron chi connectivity index (χ4n) is 2.30. The number of rotatable bonds is 9. The van der Waals surface area contributed by atoms with E-state index in [-0.39, 0.29) is 0 Å². The fourth-order valence-corrected chi connectivity index (χ4v) is 2.30. The SMILES string of the molecule is CN=C(NCCCCOc1ccc(C)cc1)NCCn1cccc1. The molecule has 0 aliphatic rings. The third-order valence-corrected chi connectivity index (χ3v) is 3.71. The van der Waals surface area contributed by atoms with Crippen LogP contribution in [0.1, 0.15) is 18.4 Å². The van der Waals surface area contributed by atoms with Crippen molar-refractivity contribution < 1.29 is 4.74 Å². The van der Waals surface area contributed by atoms with Gasteiger partial charge in [0, 0.05) is 39.1 Å². The van der Waals surface area contributed by atoms with E-state index in [1.165, 1.54) is 5.56 Å². The zero-order valence-electron chi connectivity index (χ0n) is 14.7. The highest BCUT2D eigenvalue weighted by molar-refractivity contribution is 5.79. The maximum Gasteiger partial charge on any atom is 0.191 e. The summed E-state index contributed by atoms with van der Waals surface area (Å²) in [4.78, 5) is 4.23. The molecule has 5 heteroatoms. The first-order chi connectivity index (χ1) is 11.8. The molecule has 0 saturated carbocycles. The molecule has 1 aromatic carbocycles. The smallest absolute Gasteiger partial charge is 0.191 e. The van der Waals surface area contributed by atoms with Crippen molar-refractivity contribution in [2.75, 3.05) is 26.7 Å². The van der Waals surface area contributed by atoms with Crippen molar-refractivity contribution in [2.45, 2.75) is 26.3 Å². The number of unbranched alkanes of at least 4 members (excludes halogenated alkanes) is 1. The minimum absolute atomic E-state index is 0.740. The van der Waals surface area contributed by atoms with Gasteiger partial charge >= 0.3 is 0 Å². The molecule has 5 nitrogen and oxygen atoms in total. The van der Waals surface area contributed by atoms with Crippen LogP contribution in [0.2, 0.25) is 0 Å². The van der Waals surface area contributed by atoms with Crippen LogP contribution >= 0.6 is 0 Å². The Morgan fingerprint density at radius 1 is 1.04 bits per heavy atom. The van der Waals surface area contributed by atoms with Gasteiger partial charge in [-0.1, -0.05) is 17.7 Å². The highest BCUT2D eigenvalue weighted by Crippen LogP contribution is 2.11. The minimum atomic E-state index is 0.740. The first-order valence-electron chi connectivity index (χ1n) is 8.52. The second kappa shape index (κ2) is 10.4. The maximum absolute atomic E-state index is 5.72. The first-order valence-corrected chi connectivity index (χ1v) is 8.52. The molecular weight excluding hydrogens is 300 g/mol. The molecule has 0 atom stereocenters. The number of aliphatic imine (C=N–C) groups is 1. The fraction of sp³-hybridized carbons (Fsp3) is 0.421. The third kappa shape index (κ3) is 6.77. The standard InChI is InChI=1S/C19H28N4O/c1-17-7-9-18(10-8-17)24-16-6-3-11-21-19(20-2)22-12-15-23-13-4-5-14-23/h4-5,7-10,13-14H,3,6,11-12,15-16H2,1-2H3,(H2,20,21,22). The predicted molar refractivity (Wildman–Crippen MR) is 99.7 cm³/mol. The van der Waals surface area contributed by atoms with Gasteiger partial charge in [-0.15, -0.1) is 0 Å². The lowest BCUT2D eigenvalue weighted by atomic mass is 10.2. The minimum Gasteiger partial charge on any atom is -0.494 e. The number of nitrogens with one attached hydrogen (secondary N) is 2. The summed E-state index contributed by atoms with van der Waals surface area (Å²) in [6, 6.07) is 12.2. The average Bonchev–Trinajstić information content (AvgIpc) is 3.11. The summed E-state index contributed by atoms with van der Waals surface area (Å²) in [5.74, 6) is 1.79. The molecule has 2 rings (SSSR count). The summed E-state index contributed by atoms with van der Waals surface area (Å²) in [6.07, 6.45) is 6.18. The monoisotopic (exact) mass is 328 g/mol. The molecule has 0 fully saturated rings. The molecule has 1 aromatic heterocycles. The normalized spacial score (nSPS) is 11.3. The topological polar surface area (TPSA) is 50.6 Å². The van der Waals surface area contributed by atoms with Gasteiger partial charge < -0.3 is 19.9 Å². The van der Waals surface area contributed by atoms with E-state index in [1.54, 1.807) is 7.05 Å². The third-order valence-electron chi connectivity index (χ3n) is 3.71. The number of hydrogen-bond acceptors (Lipinski definition) is 2. The van der Waals surface area contributed by atoms with Gasteiger partial charge in [0.15, 0.2) is 5.96 Å². The van der Waals surface area contributed by atoms with Gasteiger partial charge in [-0.3, -0.25) is 4.99 Å². The highest BCUT2D eigenvalue weighted by atomic mass is 16.5. The Bertz CT molecular complexity index is 590. The van der Waals surface area contributed by atoms with Crippen molar-refractivity contribution >= 4 is 5.96 Å². The molecule has 2 aromatic rings. The van der Waals surface area contributed by atoms with E-state index < -0.39 is 0 Å². The molecular formula is C19H28N4O. The average molecular weight is 328 g/mol. The van der Waals surface area contributed by atoms with E-state index in [4.69, 9.17) is 4.74 Å². The van der Waals surface area contributed by atoms with E-state index in [2.05, 4.69) is 51.6 Å². The van der Waals surface area contributed by atoms with Gasteiger partial charge in [0.1, 0.15) is 5.75 Å². The Kier molecular flexibility index (Phi) is 7.74. The molecule has 0 unspecified atom stereocenters. The number of ether oxygens (including phenoxy) is 1. The van der Waals surface area contributed by atoms with Crippen LogP contribution in [0.25, 0.3) is 0 Å². The molecule has 0 radical (unpaired) electrons. The van der Waals surface area contributed by atoms with Crippen molar-refractivity contribution in [3.8, 4) is 5.75 Å². The van der Waals surface area contributed by atoms with Crippen LogP contribution in [-0.4, -0.2) is 37.3 Å². The van der Waals surface area contributed by atoms with Crippen LogP contribution < -0.4 is 15.4 Å². The number of hydrogen-bond donors (Lipinski definition) is 2. The number of benzene rings is 1. The quantitative estimate of drug-likeness (QED) is 0.423. The van der Waals surface area contributed by atoms with Crippen molar-refractivity contribution in [2.24, 2.45) is 4.99 Å². The molecule has 130 valence electrons. The largest absolute Gasteiger partial charge is 0.494 e. The number of nitrogens with zero attached hydrogens (tertiary/aromatic N) is 2. The summed E-state index contributed by atoms with van der Waals surface area (Å²) in [7, 11) is 1.80. The summed E-state index contributed by atoms with van der Waals surface area (Å²) in [6.45, 7) is 5.49. The van der Waals surface area contributed by atoms with E-state index in [9.17, 15) is 0 Å². The Morgan fingerprint density at radius 2 is 1.75 bits per heavy atom. The van der Waals surface area contributed by atoms with Crippen LogP contribution in [0.4, 0.5) is 0 Å². The van der Waals surface area contributed by atoms with E-state index >= 15 is 0 Å². The molecule has 24 heavy (non-hydrogen) atoms. The lowest BCUT2D eigenvalue weighted by Crippen LogP contribution is -2.39. The Labute approximate surface area is 144 Å².